The van der Waals surface area contributed by atoms with Crippen LogP contribution in [0.5, 0.6) is 0 Å². The van der Waals surface area contributed by atoms with Gasteiger partial charge in [0.25, 0.3) is 5.91 Å². The summed E-state index contributed by atoms with van der Waals surface area (Å²) in [6, 6.07) is 19.9. The Morgan fingerprint density at radius 2 is 1.52 bits per heavy atom. The molecule has 0 unspecified atom stereocenters. The highest BCUT2D eigenvalue weighted by atomic mass is 16.2. The average Bonchev–Trinajstić information content (AvgIpc) is 3.16. The number of rotatable bonds is 3. The summed E-state index contributed by atoms with van der Waals surface area (Å²) in [6.07, 6.45) is 0. The summed E-state index contributed by atoms with van der Waals surface area (Å²) >= 11 is 0. The van der Waals surface area contributed by atoms with Crippen LogP contribution in [0.2, 0.25) is 0 Å². The zero-order valence-electron chi connectivity index (χ0n) is 17.7. The summed E-state index contributed by atoms with van der Waals surface area (Å²) in [6.45, 7) is 6.74. The lowest BCUT2D eigenvalue weighted by Crippen LogP contribution is -2.49. The first kappa shape index (κ1) is 19.2. The van der Waals surface area contributed by atoms with Gasteiger partial charge in [0, 0.05) is 37.4 Å². The predicted octanol–water partition coefficient (Wildman–Crippen LogP) is 3.39. The van der Waals surface area contributed by atoms with Gasteiger partial charge in [-0.25, -0.2) is 4.68 Å². The molecule has 0 aliphatic carbocycles. The number of fused-ring (bicyclic) bond motifs is 1. The average molecular weight is 412 g/mol. The van der Waals surface area contributed by atoms with Crippen molar-refractivity contribution in [3.8, 4) is 5.82 Å². The van der Waals surface area contributed by atoms with Gasteiger partial charge in [0.05, 0.1) is 5.69 Å². The normalized spacial score (nSPS) is 14.3. The zero-order chi connectivity index (χ0) is 21.4. The van der Waals surface area contributed by atoms with Crippen LogP contribution in [-0.2, 0) is 0 Å². The molecular weight excluding hydrogens is 388 g/mol. The maximum absolute atomic E-state index is 13.0. The number of anilines is 1. The standard InChI is InChI=1S/C24H24N6O/c1-17-15-18(2)30(27-17)23-10-9-22(25-26-23)28-11-13-29(14-12-28)24(31)21-8-7-19-5-3-4-6-20(19)16-21/h3-10,15-16H,11-14H2,1-2H3. The van der Waals surface area contributed by atoms with Gasteiger partial charge >= 0.3 is 0 Å². The van der Waals surface area contributed by atoms with Crippen LogP contribution in [0.4, 0.5) is 5.82 Å². The fraction of sp³-hybridized carbons (Fsp3) is 0.250. The Morgan fingerprint density at radius 1 is 0.806 bits per heavy atom. The summed E-state index contributed by atoms with van der Waals surface area (Å²) in [5, 5.41) is 15.4. The van der Waals surface area contributed by atoms with Crippen LogP contribution < -0.4 is 4.90 Å². The van der Waals surface area contributed by atoms with Crippen molar-refractivity contribution in [1.29, 1.82) is 0 Å². The van der Waals surface area contributed by atoms with E-state index in [9.17, 15) is 4.79 Å². The Kier molecular flexibility index (Phi) is 4.86. The molecule has 0 atom stereocenters. The van der Waals surface area contributed by atoms with Crippen molar-refractivity contribution in [1.82, 2.24) is 24.9 Å². The van der Waals surface area contributed by atoms with Crippen LogP contribution in [0.1, 0.15) is 21.7 Å². The van der Waals surface area contributed by atoms with Crippen molar-refractivity contribution in [2.45, 2.75) is 13.8 Å². The topological polar surface area (TPSA) is 67.2 Å². The molecule has 1 saturated heterocycles. The molecule has 7 heteroatoms. The third kappa shape index (κ3) is 3.74. The van der Waals surface area contributed by atoms with Crippen LogP contribution in [0.15, 0.2) is 60.7 Å². The molecule has 5 rings (SSSR count). The summed E-state index contributed by atoms with van der Waals surface area (Å²) in [7, 11) is 0. The minimum absolute atomic E-state index is 0.0800. The molecule has 0 saturated carbocycles. The van der Waals surface area contributed by atoms with Gasteiger partial charge in [0.15, 0.2) is 11.6 Å². The smallest absolute Gasteiger partial charge is 0.253 e. The van der Waals surface area contributed by atoms with E-state index in [4.69, 9.17) is 0 Å². The predicted molar refractivity (Wildman–Crippen MR) is 121 cm³/mol. The number of hydrogen-bond acceptors (Lipinski definition) is 5. The first-order valence-corrected chi connectivity index (χ1v) is 10.5. The highest BCUT2D eigenvalue weighted by Gasteiger charge is 2.23. The molecule has 0 spiro atoms. The quantitative estimate of drug-likeness (QED) is 0.516. The molecule has 156 valence electrons. The van der Waals surface area contributed by atoms with Crippen molar-refractivity contribution >= 4 is 22.5 Å². The van der Waals surface area contributed by atoms with Gasteiger partial charge in [-0.2, -0.15) is 5.10 Å². The van der Waals surface area contributed by atoms with Crippen LogP contribution in [-0.4, -0.2) is 57.0 Å². The number of benzene rings is 2. The molecule has 1 aliphatic rings. The van der Waals surface area contributed by atoms with Gasteiger partial charge in [-0.1, -0.05) is 30.3 Å². The van der Waals surface area contributed by atoms with Gasteiger partial charge in [-0.15, -0.1) is 10.2 Å². The second-order valence-corrected chi connectivity index (χ2v) is 7.93. The van der Waals surface area contributed by atoms with Crippen LogP contribution in [0.25, 0.3) is 16.6 Å². The number of carbonyl (C=O) groups is 1. The number of aromatic nitrogens is 4. The van der Waals surface area contributed by atoms with Crippen molar-refractivity contribution in [3.63, 3.8) is 0 Å². The summed E-state index contributed by atoms with van der Waals surface area (Å²) in [4.78, 5) is 17.1. The third-order valence-corrected chi connectivity index (χ3v) is 5.75. The van der Waals surface area contributed by atoms with Gasteiger partial charge in [0.2, 0.25) is 0 Å². The minimum Gasteiger partial charge on any atom is -0.352 e. The van der Waals surface area contributed by atoms with Gasteiger partial charge in [-0.3, -0.25) is 4.79 Å². The SMILES string of the molecule is Cc1cc(C)n(-c2ccc(N3CCN(C(=O)c4ccc5ccccc5c4)CC3)nn2)n1. The zero-order valence-corrected chi connectivity index (χ0v) is 17.7. The van der Waals surface area contributed by atoms with Crippen molar-refractivity contribution in [3.05, 3.63) is 77.6 Å². The molecule has 0 N–H and O–H groups in total. The van der Waals surface area contributed by atoms with E-state index in [0.717, 1.165) is 46.6 Å². The summed E-state index contributed by atoms with van der Waals surface area (Å²) in [5.41, 5.74) is 2.72. The van der Waals surface area contributed by atoms with Crippen LogP contribution >= 0.6 is 0 Å². The van der Waals surface area contributed by atoms with Crippen LogP contribution in [0, 0.1) is 13.8 Å². The second kappa shape index (κ2) is 7.83. The Bertz CT molecular complexity index is 1240. The van der Waals surface area contributed by atoms with E-state index in [2.05, 4.69) is 26.3 Å². The first-order valence-electron chi connectivity index (χ1n) is 10.5. The fourth-order valence-electron chi connectivity index (χ4n) is 4.10. The van der Waals surface area contributed by atoms with Crippen molar-refractivity contribution in [2.75, 3.05) is 31.1 Å². The number of carbonyl (C=O) groups excluding carboxylic acids is 1. The lowest BCUT2D eigenvalue weighted by Gasteiger charge is -2.35. The number of aryl methyl sites for hydroxylation is 2. The van der Waals surface area contributed by atoms with E-state index < -0.39 is 0 Å². The van der Waals surface area contributed by atoms with E-state index in [-0.39, 0.29) is 5.91 Å². The summed E-state index contributed by atoms with van der Waals surface area (Å²) < 4.78 is 1.80. The molecule has 0 bridgehead atoms. The molecule has 2 aromatic heterocycles. The van der Waals surface area contributed by atoms with Crippen LogP contribution in [0.3, 0.4) is 0 Å². The molecule has 1 amide bonds. The number of nitrogens with zero attached hydrogens (tertiary/aromatic N) is 6. The monoisotopic (exact) mass is 412 g/mol. The molecular formula is C24H24N6O. The molecule has 31 heavy (non-hydrogen) atoms. The van der Waals surface area contributed by atoms with E-state index in [1.807, 2.05) is 73.3 Å². The second-order valence-electron chi connectivity index (χ2n) is 7.93. The van der Waals surface area contributed by atoms with Gasteiger partial charge in [0.1, 0.15) is 0 Å². The lowest BCUT2D eigenvalue weighted by atomic mass is 10.1. The largest absolute Gasteiger partial charge is 0.352 e. The summed E-state index contributed by atoms with van der Waals surface area (Å²) in [5.74, 6) is 1.61. The molecule has 3 heterocycles. The molecule has 2 aromatic carbocycles. The number of piperazine rings is 1. The molecule has 0 radical (unpaired) electrons. The van der Waals surface area contributed by atoms with E-state index >= 15 is 0 Å². The Balaban J connectivity index is 1.25. The minimum atomic E-state index is 0.0800. The van der Waals surface area contributed by atoms with Gasteiger partial charge in [-0.05, 0) is 55.0 Å². The van der Waals surface area contributed by atoms with E-state index in [1.165, 1.54) is 0 Å². The highest BCUT2D eigenvalue weighted by Crippen LogP contribution is 2.19. The fourth-order valence-corrected chi connectivity index (χ4v) is 4.10. The lowest BCUT2D eigenvalue weighted by molar-refractivity contribution is 0.0746. The number of hydrogen-bond donors (Lipinski definition) is 0. The number of amides is 1. The van der Waals surface area contributed by atoms with Crippen molar-refractivity contribution in [2.24, 2.45) is 0 Å². The molecule has 1 aliphatic heterocycles. The molecule has 7 nitrogen and oxygen atoms in total. The van der Waals surface area contributed by atoms with Crippen molar-refractivity contribution < 1.29 is 4.79 Å². The highest BCUT2D eigenvalue weighted by molar-refractivity contribution is 5.98. The Labute approximate surface area is 180 Å². The first-order chi connectivity index (χ1) is 15.1. The van der Waals surface area contributed by atoms with Gasteiger partial charge < -0.3 is 9.80 Å². The molecule has 1 fully saturated rings. The third-order valence-electron chi connectivity index (χ3n) is 5.75. The maximum atomic E-state index is 13.0. The molecule has 4 aromatic rings. The van der Waals surface area contributed by atoms with E-state index in [0.29, 0.717) is 18.9 Å². The Hall–Kier alpha value is -3.74. The Morgan fingerprint density at radius 3 is 2.19 bits per heavy atom. The van der Waals surface area contributed by atoms with E-state index in [1.54, 1.807) is 4.68 Å². The maximum Gasteiger partial charge on any atom is 0.253 e.